The lowest BCUT2D eigenvalue weighted by molar-refractivity contribution is -0.385. The fraction of sp³-hybridized carbons (Fsp3) is 0.571. The van der Waals surface area contributed by atoms with Gasteiger partial charge in [-0.1, -0.05) is 6.07 Å². The van der Waals surface area contributed by atoms with Gasteiger partial charge in [0.15, 0.2) is 0 Å². The van der Waals surface area contributed by atoms with Gasteiger partial charge in [-0.3, -0.25) is 15.0 Å². The zero-order chi connectivity index (χ0) is 14.7. The zero-order valence-electron chi connectivity index (χ0n) is 11.9. The molecule has 1 aromatic carbocycles. The molecule has 1 fully saturated rings. The first-order valence-electron chi connectivity index (χ1n) is 6.83. The first-order valence-corrected chi connectivity index (χ1v) is 7.62. The van der Waals surface area contributed by atoms with Crippen LogP contribution in [0.15, 0.2) is 22.7 Å². The van der Waals surface area contributed by atoms with E-state index in [1.165, 1.54) is 0 Å². The second kappa shape index (κ2) is 6.65. The summed E-state index contributed by atoms with van der Waals surface area (Å²) in [4.78, 5) is 15.4. The van der Waals surface area contributed by atoms with Crippen LogP contribution in [0.5, 0.6) is 0 Å². The smallest absolute Gasteiger partial charge is 0.283 e. The van der Waals surface area contributed by atoms with Gasteiger partial charge in [-0.15, -0.1) is 0 Å². The Labute approximate surface area is 127 Å². The molecular weight excluding hydrogens is 322 g/mol. The molecule has 1 atom stereocenters. The average molecular weight is 342 g/mol. The topological polar surface area (TPSA) is 49.6 Å². The van der Waals surface area contributed by atoms with Crippen molar-refractivity contribution < 1.29 is 4.92 Å². The summed E-state index contributed by atoms with van der Waals surface area (Å²) in [5.74, 6) is 0. The van der Waals surface area contributed by atoms with Crippen LogP contribution in [0.2, 0.25) is 0 Å². The van der Waals surface area contributed by atoms with Gasteiger partial charge in [0.25, 0.3) is 5.69 Å². The highest BCUT2D eigenvalue weighted by molar-refractivity contribution is 9.10. The fourth-order valence-electron chi connectivity index (χ4n) is 2.69. The van der Waals surface area contributed by atoms with E-state index in [1.807, 2.05) is 6.07 Å². The summed E-state index contributed by atoms with van der Waals surface area (Å²) < 4.78 is 0.537. The highest BCUT2D eigenvalue weighted by atomic mass is 79.9. The van der Waals surface area contributed by atoms with Gasteiger partial charge in [0.2, 0.25) is 0 Å². The molecule has 0 bridgehead atoms. The van der Waals surface area contributed by atoms with Crippen molar-refractivity contribution in [3.05, 3.63) is 38.3 Å². The number of likely N-dealkylation sites (N-methyl/N-ethyl adjacent to an activating group) is 1. The number of rotatable bonds is 3. The lowest BCUT2D eigenvalue weighted by Crippen LogP contribution is -2.37. The van der Waals surface area contributed by atoms with Gasteiger partial charge in [-0.05, 0) is 54.5 Å². The summed E-state index contributed by atoms with van der Waals surface area (Å²) in [6, 6.07) is 5.86. The Morgan fingerprint density at radius 2 is 2.20 bits per heavy atom. The van der Waals surface area contributed by atoms with E-state index in [0.29, 0.717) is 10.5 Å². The van der Waals surface area contributed by atoms with E-state index in [1.54, 1.807) is 12.1 Å². The summed E-state index contributed by atoms with van der Waals surface area (Å²) in [6.45, 7) is 6.17. The predicted molar refractivity (Wildman–Crippen MR) is 82.8 cm³/mol. The molecule has 1 aromatic rings. The number of nitro groups is 1. The minimum Gasteiger partial charge on any atom is -0.305 e. The van der Waals surface area contributed by atoms with Crippen LogP contribution in [0.3, 0.4) is 0 Å². The van der Waals surface area contributed by atoms with Crippen molar-refractivity contribution in [2.45, 2.75) is 25.9 Å². The zero-order valence-corrected chi connectivity index (χ0v) is 13.5. The number of benzene rings is 1. The molecule has 1 unspecified atom stereocenters. The van der Waals surface area contributed by atoms with Crippen LogP contribution in [-0.4, -0.2) is 47.4 Å². The predicted octanol–water partition coefficient (Wildman–Crippen LogP) is 2.88. The summed E-state index contributed by atoms with van der Waals surface area (Å²) in [6.07, 6.45) is 1.14. The minimum absolute atomic E-state index is 0.141. The lowest BCUT2D eigenvalue weighted by Gasteiger charge is -2.27. The molecule has 1 aliphatic heterocycles. The Hall–Kier alpha value is -0.980. The number of hydrogen-bond acceptors (Lipinski definition) is 4. The van der Waals surface area contributed by atoms with E-state index >= 15 is 0 Å². The maximum Gasteiger partial charge on any atom is 0.283 e. The molecule has 2 rings (SSSR count). The number of nitrogens with zero attached hydrogens (tertiary/aromatic N) is 3. The second-order valence-corrected chi connectivity index (χ2v) is 6.33. The van der Waals surface area contributed by atoms with Crippen LogP contribution in [0.25, 0.3) is 0 Å². The Morgan fingerprint density at radius 1 is 1.45 bits per heavy atom. The molecule has 5 nitrogen and oxygen atoms in total. The molecule has 0 N–H and O–H groups in total. The van der Waals surface area contributed by atoms with Crippen molar-refractivity contribution in [2.75, 3.05) is 26.7 Å². The van der Waals surface area contributed by atoms with Crippen LogP contribution in [0, 0.1) is 10.1 Å². The van der Waals surface area contributed by atoms with Gasteiger partial charge < -0.3 is 4.90 Å². The van der Waals surface area contributed by atoms with Crippen molar-refractivity contribution in [2.24, 2.45) is 0 Å². The molecule has 1 saturated heterocycles. The van der Waals surface area contributed by atoms with Crippen LogP contribution >= 0.6 is 15.9 Å². The molecule has 0 aromatic heterocycles. The molecule has 0 aliphatic carbocycles. The first kappa shape index (κ1) is 15.4. The van der Waals surface area contributed by atoms with E-state index in [0.717, 1.165) is 38.2 Å². The molecule has 20 heavy (non-hydrogen) atoms. The molecule has 110 valence electrons. The van der Waals surface area contributed by atoms with Crippen molar-refractivity contribution in [3.8, 4) is 0 Å². The van der Waals surface area contributed by atoms with Gasteiger partial charge >= 0.3 is 0 Å². The van der Waals surface area contributed by atoms with Gasteiger partial charge in [-0.25, -0.2) is 0 Å². The molecular formula is C14H20BrN3O2. The molecule has 0 amide bonds. The highest BCUT2D eigenvalue weighted by Crippen LogP contribution is 2.26. The average Bonchev–Trinajstić information content (AvgIpc) is 2.53. The summed E-state index contributed by atoms with van der Waals surface area (Å²) >= 11 is 3.23. The quantitative estimate of drug-likeness (QED) is 0.626. The maximum atomic E-state index is 11.0. The minimum atomic E-state index is -0.340. The van der Waals surface area contributed by atoms with E-state index in [2.05, 4.69) is 39.7 Å². The van der Waals surface area contributed by atoms with Gasteiger partial charge in [0, 0.05) is 31.7 Å². The van der Waals surface area contributed by atoms with E-state index < -0.39 is 0 Å². The Kier molecular flexibility index (Phi) is 5.12. The Bertz CT molecular complexity index is 495. The summed E-state index contributed by atoms with van der Waals surface area (Å²) in [7, 11) is 2.14. The standard InChI is InChI=1S/C14H20BrN3O2/c1-11-9-16(2)6-3-7-17(11)10-12-4-5-13(15)14(8-12)18(19)20/h4-5,8,11H,3,6-7,9-10H2,1-2H3. The third-order valence-electron chi connectivity index (χ3n) is 3.78. The van der Waals surface area contributed by atoms with Gasteiger partial charge in [0.1, 0.15) is 0 Å². The van der Waals surface area contributed by atoms with Gasteiger partial charge in [-0.2, -0.15) is 0 Å². The largest absolute Gasteiger partial charge is 0.305 e. The van der Waals surface area contributed by atoms with Crippen molar-refractivity contribution in [1.82, 2.24) is 9.80 Å². The SMILES string of the molecule is CC1CN(C)CCCN1Cc1ccc(Br)c([N+](=O)[O-])c1. The van der Waals surface area contributed by atoms with Gasteiger partial charge in [0.05, 0.1) is 9.40 Å². The highest BCUT2D eigenvalue weighted by Gasteiger charge is 2.20. The van der Waals surface area contributed by atoms with Crippen molar-refractivity contribution in [3.63, 3.8) is 0 Å². The fourth-order valence-corrected chi connectivity index (χ4v) is 3.08. The maximum absolute atomic E-state index is 11.0. The first-order chi connectivity index (χ1) is 9.47. The third kappa shape index (κ3) is 3.77. The van der Waals surface area contributed by atoms with Crippen LogP contribution < -0.4 is 0 Å². The summed E-state index contributed by atoms with van der Waals surface area (Å²) in [5.41, 5.74) is 1.14. The van der Waals surface area contributed by atoms with E-state index in [4.69, 9.17) is 0 Å². The van der Waals surface area contributed by atoms with E-state index in [9.17, 15) is 10.1 Å². The molecule has 0 radical (unpaired) electrons. The van der Waals surface area contributed by atoms with Crippen LogP contribution in [0.1, 0.15) is 18.9 Å². The van der Waals surface area contributed by atoms with Crippen LogP contribution in [-0.2, 0) is 6.54 Å². The van der Waals surface area contributed by atoms with Crippen molar-refractivity contribution in [1.29, 1.82) is 0 Å². The van der Waals surface area contributed by atoms with Crippen molar-refractivity contribution >= 4 is 21.6 Å². The number of halogens is 1. The molecule has 1 heterocycles. The Morgan fingerprint density at radius 3 is 2.90 bits per heavy atom. The van der Waals surface area contributed by atoms with E-state index in [-0.39, 0.29) is 10.6 Å². The molecule has 6 heteroatoms. The normalized spacial score (nSPS) is 21.6. The Balaban J connectivity index is 2.13. The molecule has 0 saturated carbocycles. The van der Waals surface area contributed by atoms with Crippen LogP contribution in [0.4, 0.5) is 5.69 Å². The number of nitro benzene ring substituents is 1. The number of hydrogen-bond donors (Lipinski definition) is 0. The summed E-state index contributed by atoms with van der Waals surface area (Å²) in [5, 5.41) is 11.0. The monoisotopic (exact) mass is 341 g/mol. The molecule has 0 spiro atoms. The lowest BCUT2D eigenvalue weighted by atomic mass is 10.1. The second-order valence-electron chi connectivity index (χ2n) is 5.48. The molecule has 1 aliphatic rings. The third-order valence-corrected chi connectivity index (χ3v) is 4.45.